The van der Waals surface area contributed by atoms with Crippen LogP contribution in [0.15, 0.2) is 27.5 Å². The molecule has 27 heavy (non-hydrogen) atoms. The largest absolute Gasteiger partial charge is 0.292 e. The van der Waals surface area contributed by atoms with Gasteiger partial charge in [-0.15, -0.1) is 22.7 Å². The second-order valence-corrected chi connectivity index (χ2v) is 10.3. The SMILES string of the molecule is CC(C)Cn1c(SCC(=O)c2cccs2)nc2sc3c(c2c1=O)CCCC3. The normalized spacial score (nSPS) is 14.0. The predicted molar refractivity (Wildman–Crippen MR) is 115 cm³/mol. The van der Waals surface area contributed by atoms with Gasteiger partial charge in [0, 0.05) is 11.4 Å². The Bertz CT molecular complexity index is 1030. The van der Waals surface area contributed by atoms with E-state index < -0.39 is 0 Å². The van der Waals surface area contributed by atoms with Gasteiger partial charge < -0.3 is 0 Å². The van der Waals surface area contributed by atoms with Crippen LogP contribution in [0.5, 0.6) is 0 Å². The molecule has 0 fully saturated rings. The zero-order chi connectivity index (χ0) is 19.0. The summed E-state index contributed by atoms with van der Waals surface area (Å²) in [5.41, 5.74) is 1.29. The van der Waals surface area contributed by atoms with Gasteiger partial charge >= 0.3 is 0 Å². The Morgan fingerprint density at radius 1 is 1.33 bits per heavy atom. The number of thioether (sulfide) groups is 1. The average molecular weight is 419 g/mol. The Kier molecular flexibility index (Phi) is 5.53. The summed E-state index contributed by atoms with van der Waals surface area (Å²) in [6, 6.07) is 3.73. The van der Waals surface area contributed by atoms with Crippen LogP contribution in [-0.2, 0) is 19.4 Å². The summed E-state index contributed by atoms with van der Waals surface area (Å²) in [7, 11) is 0. The van der Waals surface area contributed by atoms with Crippen LogP contribution in [0.3, 0.4) is 0 Å². The number of hydrogen-bond donors (Lipinski definition) is 0. The third-order valence-electron chi connectivity index (χ3n) is 4.72. The van der Waals surface area contributed by atoms with Gasteiger partial charge in [0.2, 0.25) is 0 Å². The van der Waals surface area contributed by atoms with E-state index in [1.807, 2.05) is 17.5 Å². The van der Waals surface area contributed by atoms with Crippen LogP contribution in [0.1, 0.15) is 46.8 Å². The molecule has 3 aromatic rings. The molecular formula is C20H22N2O2S3. The van der Waals surface area contributed by atoms with Crippen molar-refractivity contribution in [3.63, 3.8) is 0 Å². The lowest BCUT2D eigenvalue weighted by molar-refractivity contribution is 0.102. The lowest BCUT2D eigenvalue weighted by atomic mass is 9.97. The minimum Gasteiger partial charge on any atom is -0.292 e. The van der Waals surface area contributed by atoms with Crippen molar-refractivity contribution < 1.29 is 4.79 Å². The maximum Gasteiger partial charge on any atom is 0.263 e. The fourth-order valence-electron chi connectivity index (χ4n) is 3.49. The Labute approximate surface area is 170 Å². The highest BCUT2D eigenvalue weighted by molar-refractivity contribution is 7.99. The zero-order valence-electron chi connectivity index (χ0n) is 15.5. The molecule has 0 atom stereocenters. The molecule has 1 aliphatic carbocycles. The molecule has 3 aromatic heterocycles. The van der Waals surface area contributed by atoms with Crippen LogP contribution < -0.4 is 5.56 Å². The molecule has 0 N–H and O–H groups in total. The van der Waals surface area contributed by atoms with Crippen molar-refractivity contribution in [3.05, 3.63) is 43.2 Å². The van der Waals surface area contributed by atoms with Gasteiger partial charge in [-0.25, -0.2) is 4.98 Å². The van der Waals surface area contributed by atoms with Gasteiger partial charge in [-0.2, -0.15) is 0 Å². The number of hydrogen-bond acceptors (Lipinski definition) is 6. The molecular weight excluding hydrogens is 396 g/mol. The molecule has 0 spiro atoms. The number of carbonyl (C=O) groups excluding carboxylic acids is 1. The lowest BCUT2D eigenvalue weighted by Crippen LogP contribution is -2.26. The number of fused-ring (bicyclic) bond motifs is 3. The number of carbonyl (C=O) groups is 1. The molecule has 0 unspecified atom stereocenters. The minimum absolute atomic E-state index is 0.0687. The van der Waals surface area contributed by atoms with Gasteiger partial charge in [0.25, 0.3) is 5.56 Å². The highest BCUT2D eigenvalue weighted by Crippen LogP contribution is 2.35. The molecule has 1 aliphatic rings. The number of aryl methyl sites for hydroxylation is 2. The van der Waals surface area contributed by atoms with Gasteiger partial charge in [-0.05, 0) is 48.6 Å². The van der Waals surface area contributed by atoms with Crippen molar-refractivity contribution >= 4 is 50.4 Å². The summed E-state index contributed by atoms with van der Waals surface area (Å²) in [6.07, 6.45) is 4.38. The quantitative estimate of drug-likeness (QED) is 0.320. The fourth-order valence-corrected chi connectivity index (χ4v) is 6.44. The summed E-state index contributed by atoms with van der Waals surface area (Å²) < 4.78 is 1.79. The Hall–Kier alpha value is -1.44. The van der Waals surface area contributed by atoms with Crippen molar-refractivity contribution in [3.8, 4) is 0 Å². The van der Waals surface area contributed by atoms with E-state index >= 15 is 0 Å². The molecule has 4 nitrogen and oxygen atoms in total. The van der Waals surface area contributed by atoms with Crippen LogP contribution in [0.25, 0.3) is 10.2 Å². The van der Waals surface area contributed by atoms with Crippen molar-refractivity contribution in [2.75, 3.05) is 5.75 Å². The van der Waals surface area contributed by atoms with Crippen LogP contribution >= 0.6 is 34.4 Å². The first-order chi connectivity index (χ1) is 13.0. The maximum atomic E-state index is 13.3. The van der Waals surface area contributed by atoms with E-state index in [-0.39, 0.29) is 11.3 Å². The molecule has 0 radical (unpaired) electrons. The second kappa shape index (κ2) is 7.89. The number of nitrogens with zero attached hydrogens (tertiary/aromatic N) is 2. The summed E-state index contributed by atoms with van der Waals surface area (Å²) in [5.74, 6) is 0.733. The van der Waals surface area contributed by atoms with E-state index in [1.54, 1.807) is 15.9 Å². The first-order valence-electron chi connectivity index (χ1n) is 9.29. The third-order valence-corrected chi connectivity index (χ3v) is 7.79. The number of aromatic nitrogens is 2. The third kappa shape index (κ3) is 3.77. The van der Waals surface area contributed by atoms with Gasteiger partial charge in [0.05, 0.1) is 16.0 Å². The second-order valence-electron chi connectivity index (χ2n) is 7.28. The Morgan fingerprint density at radius 2 is 2.15 bits per heavy atom. The summed E-state index contributed by atoms with van der Waals surface area (Å²) in [4.78, 5) is 33.5. The predicted octanol–water partition coefficient (Wildman–Crippen LogP) is 5.03. The first-order valence-corrected chi connectivity index (χ1v) is 12.0. The van der Waals surface area contributed by atoms with Crippen LogP contribution in [-0.4, -0.2) is 21.1 Å². The summed E-state index contributed by atoms with van der Waals surface area (Å²) in [6.45, 7) is 4.83. The number of rotatable bonds is 6. The number of Topliss-reactive ketones (excluding diaryl/α,β-unsaturated/α-hetero) is 1. The molecule has 0 saturated carbocycles. The molecule has 0 saturated heterocycles. The molecule has 4 rings (SSSR count). The highest BCUT2D eigenvalue weighted by atomic mass is 32.2. The zero-order valence-corrected chi connectivity index (χ0v) is 17.9. The molecule has 3 heterocycles. The lowest BCUT2D eigenvalue weighted by Gasteiger charge is -2.14. The first kappa shape index (κ1) is 18.9. The van der Waals surface area contributed by atoms with Crippen LogP contribution in [0.2, 0.25) is 0 Å². The molecule has 0 bridgehead atoms. The van der Waals surface area contributed by atoms with E-state index in [9.17, 15) is 9.59 Å². The smallest absolute Gasteiger partial charge is 0.263 e. The monoisotopic (exact) mass is 418 g/mol. The number of thiophene rings is 2. The van der Waals surface area contributed by atoms with Crippen molar-refractivity contribution in [2.45, 2.75) is 51.2 Å². The van der Waals surface area contributed by atoms with Crippen LogP contribution in [0, 0.1) is 5.92 Å². The van der Waals surface area contributed by atoms with Gasteiger partial charge in [0.15, 0.2) is 10.9 Å². The molecule has 0 amide bonds. The van der Waals surface area contributed by atoms with Crippen molar-refractivity contribution in [1.29, 1.82) is 0 Å². The van der Waals surface area contributed by atoms with Crippen molar-refractivity contribution in [1.82, 2.24) is 9.55 Å². The van der Waals surface area contributed by atoms with E-state index in [0.717, 1.165) is 34.4 Å². The van der Waals surface area contributed by atoms with Gasteiger partial charge in [-0.3, -0.25) is 14.2 Å². The molecule has 142 valence electrons. The topological polar surface area (TPSA) is 52.0 Å². The van der Waals surface area contributed by atoms with E-state index in [4.69, 9.17) is 4.98 Å². The summed E-state index contributed by atoms with van der Waals surface area (Å²) >= 11 is 4.51. The maximum absolute atomic E-state index is 13.3. The Morgan fingerprint density at radius 3 is 2.89 bits per heavy atom. The highest BCUT2D eigenvalue weighted by Gasteiger charge is 2.23. The summed E-state index contributed by atoms with van der Waals surface area (Å²) in [5, 5.41) is 3.40. The molecule has 0 aromatic carbocycles. The van der Waals surface area contributed by atoms with Crippen LogP contribution in [0.4, 0.5) is 0 Å². The standard InChI is InChI=1S/C20H22N2O2S3/c1-12(2)10-22-19(24)17-13-6-3-4-7-15(13)27-18(17)21-20(22)26-11-14(23)16-8-5-9-25-16/h5,8-9,12H,3-4,6-7,10-11H2,1-2H3. The molecule has 0 aliphatic heterocycles. The van der Waals surface area contributed by atoms with Gasteiger partial charge in [0.1, 0.15) is 4.83 Å². The fraction of sp³-hybridized carbons (Fsp3) is 0.450. The van der Waals surface area contributed by atoms with E-state index in [0.29, 0.717) is 23.4 Å². The van der Waals surface area contributed by atoms with E-state index in [1.165, 1.54) is 40.0 Å². The Balaban J connectivity index is 1.74. The van der Waals surface area contributed by atoms with Crippen molar-refractivity contribution in [2.24, 2.45) is 5.92 Å². The van der Waals surface area contributed by atoms with E-state index in [2.05, 4.69) is 13.8 Å². The number of ketones is 1. The van der Waals surface area contributed by atoms with Gasteiger partial charge in [-0.1, -0.05) is 31.7 Å². The minimum atomic E-state index is 0.0687. The molecule has 7 heteroatoms. The average Bonchev–Trinajstić information content (AvgIpc) is 3.29.